The molecule has 1 aromatic rings. The number of benzene rings is 1. The lowest BCUT2D eigenvalue weighted by Gasteiger charge is -2.27. The van der Waals surface area contributed by atoms with Crippen LogP contribution in [0.2, 0.25) is 0 Å². The average Bonchev–Trinajstić information content (AvgIpc) is 3.09. The van der Waals surface area contributed by atoms with Crippen molar-refractivity contribution in [3.05, 3.63) is 47.0 Å². The second kappa shape index (κ2) is 8.69. The summed E-state index contributed by atoms with van der Waals surface area (Å²) in [7, 11) is 4.26. The van der Waals surface area contributed by atoms with Crippen molar-refractivity contribution in [1.82, 2.24) is 4.90 Å². The Hall–Kier alpha value is -1.16. The van der Waals surface area contributed by atoms with Crippen molar-refractivity contribution in [3.8, 4) is 0 Å². The molecule has 0 unspecified atom stereocenters. The molecule has 2 aliphatic rings. The van der Waals surface area contributed by atoms with Crippen LogP contribution >= 0.6 is 0 Å². The Kier molecular flexibility index (Phi) is 6.55. The quantitative estimate of drug-likeness (QED) is 0.544. The number of hydrogen-bond acceptors (Lipinski definition) is 3. The van der Waals surface area contributed by atoms with Crippen molar-refractivity contribution in [1.29, 1.82) is 0 Å². The molecule has 3 nitrogen and oxygen atoms in total. The number of unbranched alkanes of at least 4 members (excludes halogenated alkanes) is 2. The minimum absolute atomic E-state index is 0.0377. The highest BCUT2D eigenvalue weighted by Gasteiger charge is 2.47. The van der Waals surface area contributed by atoms with E-state index in [2.05, 4.69) is 44.1 Å². The molecule has 0 radical (unpaired) electrons. The van der Waals surface area contributed by atoms with E-state index in [1.807, 2.05) is 12.1 Å². The fraction of sp³-hybridized carbons (Fsp3) is 0.652. The molecule has 3 heteroatoms. The van der Waals surface area contributed by atoms with Gasteiger partial charge >= 0.3 is 0 Å². The highest BCUT2D eigenvalue weighted by molar-refractivity contribution is 5.27. The topological polar surface area (TPSA) is 43.7 Å². The van der Waals surface area contributed by atoms with Gasteiger partial charge in [0, 0.05) is 5.92 Å². The van der Waals surface area contributed by atoms with Gasteiger partial charge in [0.2, 0.25) is 0 Å². The summed E-state index contributed by atoms with van der Waals surface area (Å²) in [6.07, 6.45) is 8.32. The average molecular weight is 358 g/mol. The molecular weight excluding hydrogens is 322 g/mol. The number of aryl methyl sites for hydroxylation is 1. The second-order valence-electron chi connectivity index (χ2n) is 8.71. The SMILES string of the molecule is Cc1cccc([C@@H](O)[C@@H]2[C@H]3CC(CCCCCN(C)C)=C[C@H]3C[C@H]2O)c1. The summed E-state index contributed by atoms with van der Waals surface area (Å²) < 4.78 is 0. The highest BCUT2D eigenvalue weighted by Crippen LogP contribution is 2.51. The van der Waals surface area contributed by atoms with Crippen molar-refractivity contribution in [2.45, 2.75) is 57.7 Å². The minimum Gasteiger partial charge on any atom is -0.393 e. The van der Waals surface area contributed by atoms with Gasteiger partial charge in [-0.2, -0.15) is 0 Å². The van der Waals surface area contributed by atoms with Crippen LogP contribution in [0, 0.1) is 24.7 Å². The van der Waals surface area contributed by atoms with Crippen molar-refractivity contribution < 1.29 is 10.2 Å². The van der Waals surface area contributed by atoms with Gasteiger partial charge in [-0.25, -0.2) is 0 Å². The Morgan fingerprint density at radius 2 is 2.00 bits per heavy atom. The van der Waals surface area contributed by atoms with Gasteiger partial charge in [0.25, 0.3) is 0 Å². The van der Waals surface area contributed by atoms with E-state index in [9.17, 15) is 10.2 Å². The zero-order valence-electron chi connectivity index (χ0n) is 16.6. The van der Waals surface area contributed by atoms with Gasteiger partial charge in [-0.15, -0.1) is 0 Å². The molecule has 144 valence electrons. The zero-order valence-corrected chi connectivity index (χ0v) is 16.6. The van der Waals surface area contributed by atoms with E-state index < -0.39 is 12.2 Å². The van der Waals surface area contributed by atoms with Crippen molar-refractivity contribution in [3.63, 3.8) is 0 Å². The van der Waals surface area contributed by atoms with E-state index >= 15 is 0 Å². The third-order valence-electron chi connectivity index (χ3n) is 6.30. The van der Waals surface area contributed by atoms with Gasteiger partial charge in [-0.05, 0) is 77.1 Å². The lowest BCUT2D eigenvalue weighted by Crippen LogP contribution is -2.26. The van der Waals surface area contributed by atoms with Crippen LogP contribution in [0.1, 0.15) is 55.8 Å². The molecular formula is C23H35NO2. The van der Waals surface area contributed by atoms with Crippen LogP contribution in [0.15, 0.2) is 35.9 Å². The van der Waals surface area contributed by atoms with Crippen LogP contribution < -0.4 is 0 Å². The first kappa shape index (κ1) is 19.6. The van der Waals surface area contributed by atoms with Crippen molar-refractivity contribution in [2.24, 2.45) is 17.8 Å². The zero-order chi connectivity index (χ0) is 18.7. The Morgan fingerprint density at radius 1 is 1.19 bits per heavy atom. The van der Waals surface area contributed by atoms with Gasteiger partial charge in [0.15, 0.2) is 0 Å². The molecule has 0 saturated heterocycles. The van der Waals surface area contributed by atoms with Crippen LogP contribution in [0.3, 0.4) is 0 Å². The Bertz CT molecular complexity index is 624. The molecule has 0 heterocycles. The monoisotopic (exact) mass is 357 g/mol. The van der Waals surface area contributed by atoms with Gasteiger partial charge in [0.1, 0.15) is 0 Å². The number of rotatable bonds is 8. The summed E-state index contributed by atoms with van der Waals surface area (Å²) in [5, 5.41) is 21.5. The molecule has 1 saturated carbocycles. The Balaban J connectivity index is 1.56. The number of aliphatic hydroxyl groups is 2. The number of fused-ring (bicyclic) bond motifs is 1. The molecule has 0 spiro atoms. The van der Waals surface area contributed by atoms with E-state index in [1.165, 1.54) is 32.2 Å². The van der Waals surface area contributed by atoms with E-state index in [0.29, 0.717) is 11.8 Å². The number of nitrogens with zero attached hydrogens (tertiary/aromatic N) is 1. The summed E-state index contributed by atoms with van der Waals surface area (Å²) in [5.74, 6) is 0.813. The van der Waals surface area contributed by atoms with Gasteiger partial charge in [0.05, 0.1) is 12.2 Å². The lowest BCUT2D eigenvalue weighted by molar-refractivity contribution is 0.0109. The molecule has 1 aromatic carbocycles. The van der Waals surface area contributed by atoms with Gasteiger partial charge in [-0.1, -0.05) is 47.9 Å². The van der Waals surface area contributed by atoms with Crippen LogP contribution in [-0.4, -0.2) is 41.9 Å². The van der Waals surface area contributed by atoms with Crippen LogP contribution in [-0.2, 0) is 0 Å². The van der Waals surface area contributed by atoms with Crippen LogP contribution in [0.4, 0.5) is 0 Å². The van der Waals surface area contributed by atoms with E-state index in [4.69, 9.17) is 0 Å². The fourth-order valence-corrected chi connectivity index (χ4v) is 5.00. The Morgan fingerprint density at radius 3 is 2.73 bits per heavy atom. The largest absolute Gasteiger partial charge is 0.393 e. The maximum Gasteiger partial charge on any atom is 0.0845 e. The first-order valence-electron chi connectivity index (χ1n) is 10.2. The molecule has 0 bridgehead atoms. The van der Waals surface area contributed by atoms with E-state index in [1.54, 1.807) is 5.57 Å². The van der Waals surface area contributed by atoms with Gasteiger partial charge < -0.3 is 15.1 Å². The second-order valence-corrected chi connectivity index (χ2v) is 8.71. The maximum absolute atomic E-state index is 11.0. The number of allylic oxidation sites excluding steroid dienone is 2. The first-order valence-corrected chi connectivity index (χ1v) is 10.2. The van der Waals surface area contributed by atoms with Crippen molar-refractivity contribution >= 4 is 0 Å². The third-order valence-corrected chi connectivity index (χ3v) is 6.30. The normalized spacial score (nSPS) is 29.1. The molecule has 26 heavy (non-hydrogen) atoms. The summed E-state index contributed by atoms with van der Waals surface area (Å²) in [6, 6.07) is 8.10. The highest BCUT2D eigenvalue weighted by atomic mass is 16.3. The number of aliphatic hydroxyl groups excluding tert-OH is 2. The van der Waals surface area contributed by atoms with E-state index in [-0.39, 0.29) is 5.92 Å². The molecule has 1 fully saturated rings. The summed E-state index contributed by atoms with van der Waals surface area (Å²) in [4.78, 5) is 2.25. The smallest absolute Gasteiger partial charge is 0.0845 e. The summed E-state index contributed by atoms with van der Waals surface area (Å²) in [6.45, 7) is 3.22. The molecule has 0 aromatic heterocycles. The molecule has 2 N–H and O–H groups in total. The van der Waals surface area contributed by atoms with Gasteiger partial charge in [-0.3, -0.25) is 0 Å². The first-order chi connectivity index (χ1) is 12.5. The molecule has 0 aliphatic heterocycles. The molecule has 2 aliphatic carbocycles. The third kappa shape index (κ3) is 4.57. The summed E-state index contributed by atoms with van der Waals surface area (Å²) in [5.41, 5.74) is 3.67. The lowest BCUT2D eigenvalue weighted by atomic mass is 9.82. The minimum atomic E-state index is -0.562. The predicted octanol–water partition coefficient (Wildman–Crippen LogP) is 4.09. The Labute approximate surface area is 158 Å². The molecule has 0 amide bonds. The van der Waals surface area contributed by atoms with E-state index in [0.717, 1.165) is 24.0 Å². The molecule has 5 atom stereocenters. The maximum atomic E-state index is 11.0. The predicted molar refractivity (Wildman–Crippen MR) is 107 cm³/mol. The standard InChI is InChI=1S/C23H35NO2/c1-16-8-7-10-18(12-16)23(26)22-20-14-17(13-19(20)15-21(22)25)9-5-4-6-11-24(2)3/h7-8,10,12-13,19-23,25-26H,4-6,9,11,14-15H2,1-3H3/t19-,20-,21+,22+,23+/m0/s1. The fourth-order valence-electron chi connectivity index (χ4n) is 5.00. The molecule has 3 rings (SSSR count). The van der Waals surface area contributed by atoms with Crippen LogP contribution in [0.5, 0.6) is 0 Å². The van der Waals surface area contributed by atoms with Crippen LogP contribution in [0.25, 0.3) is 0 Å². The van der Waals surface area contributed by atoms with Crippen molar-refractivity contribution in [2.75, 3.05) is 20.6 Å². The summed E-state index contributed by atoms with van der Waals surface area (Å²) >= 11 is 0. The number of hydrogen-bond donors (Lipinski definition) is 2.